The monoisotopic (exact) mass is 268 g/mol. The molecule has 0 aliphatic carbocycles. The molecule has 19 heavy (non-hydrogen) atoms. The minimum atomic E-state index is -0.493. The van der Waals surface area contributed by atoms with Crippen LogP contribution in [0.1, 0.15) is 40.5 Å². The number of aliphatic hydroxyl groups is 1. The molecule has 0 aromatic carbocycles. The predicted molar refractivity (Wildman–Crippen MR) is 75.2 cm³/mol. The van der Waals surface area contributed by atoms with Gasteiger partial charge in [-0.1, -0.05) is 13.3 Å². The molecule has 108 valence electrons. The van der Waals surface area contributed by atoms with E-state index in [4.69, 9.17) is 0 Å². The number of nitrogens with zero attached hydrogens (tertiary/aromatic N) is 2. The van der Waals surface area contributed by atoms with Gasteiger partial charge in [0.1, 0.15) is 0 Å². The first kappa shape index (κ1) is 15.5. The number of carbonyl (C=O) groups excluding carboxylic acids is 1. The van der Waals surface area contributed by atoms with E-state index >= 15 is 0 Å². The van der Waals surface area contributed by atoms with Crippen molar-refractivity contribution in [2.45, 2.75) is 52.2 Å². The van der Waals surface area contributed by atoms with Gasteiger partial charge in [0.15, 0.2) is 0 Å². The first-order valence-corrected chi connectivity index (χ1v) is 6.61. The SMILES string of the molecule is CCCC(O)CNC(=O)Nc1cnn(C(C)(C)C)c1. The van der Waals surface area contributed by atoms with Gasteiger partial charge in [-0.2, -0.15) is 5.10 Å². The van der Waals surface area contributed by atoms with Gasteiger partial charge in [0.2, 0.25) is 0 Å². The number of hydrogen-bond acceptors (Lipinski definition) is 3. The van der Waals surface area contributed by atoms with Crippen LogP contribution in [-0.4, -0.2) is 33.6 Å². The molecule has 1 rings (SSSR count). The minimum Gasteiger partial charge on any atom is -0.391 e. The highest BCUT2D eigenvalue weighted by molar-refractivity contribution is 5.88. The van der Waals surface area contributed by atoms with Crippen LogP contribution in [0.15, 0.2) is 12.4 Å². The molecular weight excluding hydrogens is 244 g/mol. The van der Waals surface area contributed by atoms with Crippen molar-refractivity contribution in [2.75, 3.05) is 11.9 Å². The topological polar surface area (TPSA) is 79.2 Å². The predicted octanol–water partition coefficient (Wildman–Crippen LogP) is 1.92. The summed E-state index contributed by atoms with van der Waals surface area (Å²) in [6.07, 6.45) is 4.47. The van der Waals surface area contributed by atoms with E-state index in [1.54, 1.807) is 17.1 Å². The van der Waals surface area contributed by atoms with Gasteiger partial charge in [-0.3, -0.25) is 4.68 Å². The van der Waals surface area contributed by atoms with E-state index in [9.17, 15) is 9.90 Å². The second-order valence-electron chi connectivity index (χ2n) is 5.62. The zero-order chi connectivity index (χ0) is 14.5. The van der Waals surface area contributed by atoms with Crippen LogP contribution < -0.4 is 10.6 Å². The number of hydrogen-bond donors (Lipinski definition) is 3. The molecule has 0 saturated carbocycles. The summed E-state index contributed by atoms with van der Waals surface area (Å²) < 4.78 is 1.79. The third-order valence-electron chi connectivity index (χ3n) is 2.65. The fourth-order valence-corrected chi connectivity index (χ4v) is 1.58. The standard InChI is InChI=1S/C13H24N4O2/c1-5-6-11(18)8-14-12(19)16-10-7-15-17(9-10)13(2,3)4/h7,9,11,18H,5-6,8H2,1-4H3,(H2,14,16,19). The maximum atomic E-state index is 11.6. The Morgan fingerprint density at radius 1 is 1.53 bits per heavy atom. The minimum absolute atomic E-state index is 0.117. The Labute approximate surface area is 114 Å². The summed E-state index contributed by atoms with van der Waals surface area (Å²) in [6.45, 7) is 8.35. The number of aliphatic hydroxyl groups excluding tert-OH is 1. The summed E-state index contributed by atoms with van der Waals surface area (Å²) in [6, 6.07) is -0.330. The summed E-state index contributed by atoms with van der Waals surface area (Å²) in [4.78, 5) is 11.6. The molecule has 0 saturated heterocycles. The Morgan fingerprint density at radius 3 is 2.74 bits per heavy atom. The fraction of sp³-hybridized carbons (Fsp3) is 0.692. The third-order valence-corrected chi connectivity index (χ3v) is 2.65. The first-order valence-electron chi connectivity index (χ1n) is 6.61. The normalized spacial score (nSPS) is 13.1. The Bertz CT molecular complexity index is 409. The molecule has 6 heteroatoms. The molecule has 0 bridgehead atoms. The molecule has 1 aromatic heterocycles. The second kappa shape index (κ2) is 6.56. The lowest BCUT2D eigenvalue weighted by atomic mass is 10.1. The molecular formula is C13H24N4O2. The number of urea groups is 1. The van der Waals surface area contributed by atoms with E-state index in [0.717, 1.165) is 6.42 Å². The van der Waals surface area contributed by atoms with Crippen LogP contribution >= 0.6 is 0 Å². The van der Waals surface area contributed by atoms with Crippen LogP contribution in [-0.2, 0) is 5.54 Å². The van der Waals surface area contributed by atoms with Gasteiger partial charge in [0, 0.05) is 12.7 Å². The van der Waals surface area contributed by atoms with Gasteiger partial charge in [-0.15, -0.1) is 0 Å². The highest BCUT2D eigenvalue weighted by atomic mass is 16.3. The van der Waals surface area contributed by atoms with Crippen LogP contribution in [0.4, 0.5) is 10.5 Å². The van der Waals surface area contributed by atoms with E-state index in [-0.39, 0.29) is 18.1 Å². The molecule has 0 aliphatic heterocycles. The highest BCUT2D eigenvalue weighted by Crippen LogP contribution is 2.15. The molecule has 2 amide bonds. The molecule has 1 aromatic rings. The first-order chi connectivity index (χ1) is 8.82. The van der Waals surface area contributed by atoms with E-state index in [0.29, 0.717) is 12.1 Å². The van der Waals surface area contributed by atoms with Crippen molar-refractivity contribution in [3.05, 3.63) is 12.4 Å². The van der Waals surface area contributed by atoms with Crippen molar-refractivity contribution in [2.24, 2.45) is 0 Å². The maximum Gasteiger partial charge on any atom is 0.319 e. The van der Waals surface area contributed by atoms with Crippen LogP contribution in [0.25, 0.3) is 0 Å². The van der Waals surface area contributed by atoms with Gasteiger partial charge in [-0.05, 0) is 27.2 Å². The Morgan fingerprint density at radius 2 is 2.21 bits per heavy atom. The lowest BCUT2D eigenvalue weighted by Crippen LogP contribution is -2.35. The Kier molecular flexibility index (Phi) is 5.35. The van der Waals surface area contributed by atoms with Gasteiger partial charge < -0.3 is 15.7 Å². The number of anilines is 1. The number of aromatic nitrogens is 2. The van der Waals surface area contributed by atoms with Crippen molar-refractivity contribution in [1.29, 1.82) is 0 Å². The average Bonchev–Trinajstić information content (AvgIpc) is 2.75. The van der Waals surface area contributed by atoms with Crippen molar-refractivity contribution < 1.29 is 9.90 Å². The summed E-state index contributed by atoms with van der Waals surface area (Å²) in [7, 11) is 0. The summed E-state index contributed by atoms with van der Waals surface area (Å²) in [5.41, 5.74) is 0.519. The number of carbonyl (C=O) groups is 1. The molecule has 3 N–H and O–H groups in total. The number of nitrogens with one attached hydrogen (secondary N) is 2. The van der Waals surface area contributed by atoms with Gasteiger partial charge in [0.25, 0.3) is 0 Å². The molecule has 0 spiro atoms. The molecule has 1 heterocycles. The third kappa shape index (κ3) is 5.30. The van der Waals surface area contributed by atoms with Gasteiger partial charge >= 0.3 is 6.03 Å². The maximum absolute atomic E-state index is 11.6. The zero-order valence-electron chi connectivity index (χ0n) is 12.1. The molecule has 0 aliphatic rings. The Hall–Kier alpha value is -1.56. The second-order valence-corrected chi connectivity index (χ2v) is 5.62. The van der Waals surface area contributed by atoms with Gasteiger partial charge in [-0.25, -0.2) is 4.79 Å². The van der Waals surface area contributed by atoms with Crippen molar-refractivity contribution in [3.8, 4) is 0 Å². The number of rotatable bonds is 5. The highest BCUT2D eigenvalue weighted by Gasteiger charge is 2.14. The molecule has 1 unspecified atom stereocenters. The smallest absolute Gasteiger partial charge is 0.319 e. The zero-order valence-corrected chi connectivity index (χ0v) is 12.1. The molecule has 6 nitrogen and oxygen atoms in total. The largest absolute Gasteiger partial charge is 0.391 e. The van der Waals surface area contributed by atoms with Crippen LogP contribution in [0.3, 0.4) is 0 Å². The average molecular weight is 268 g/mol. The summed E-state index contributed by atoms with van der Waals surface area (Å²) in [5.74, 6) is 0. The van der Waals surface area contributed by atoms with Crippen LogP contribution in [0.5, 0.6) is 0 Å². The number of amides is 2. The fourth-order valence-electron chi connectivity index (χ4n) is 1.58. The lowest BCUT2D eigenvalue weighted by molar-refractivity contribution is 0.162. The van der Waals surface area contributed by atoms with Crippen molar-refractivity contribution >= 4 is 11.7 Å². The van der Waals surface area contributed by atoms with Gasteiger partial charge in [0.05, 0.1) is 23.5 Å². The van der Waals surface area contributed by atoms with Crippen LogP contribution in [0, 0.1) is 0 Å². The van der Waals surface area contributed by atoms with E-state index in [1.165, 1.54) is 0 Å². The molecule has 0 fully saturated rings. The lowest BCUT2D eigenvalue weighted by Gasteiger charge is -2.18. The quantitative estimate of drug-likeness (QED) is 0.763. The Balaban J connectivity index is 2.42. The van der Waals surface area contributed by atoms with Crippen LogP contribution in [0.2, 0.25) is 0 Å². The molecule has 1 atom stereocenters. The summed E-state index contributed by atoms with van der Waals surface area (Å²) >= 11 is 0. The van der Waals surface area contributed by atoms with E-state index < -0.39 is 6.10 Å². The van der Waals surface area contributed by atoms with E-state index in [1.807, 2.05) is 27.7 Å². The van der Waals surface area contributed by atoms with E-state index in [2.05, 4.69) is 15.7 Å². The van der Waals surface area contributed by atoms with Crippen molar-refractivity contribution in [3.63, 3.8) is 0 Å². The molecule has 0 radical (unpaired) electrons. The van der Waals surface area contributed by atoms with Crippen molar-refractivity contribution in [1.82, 2.24) is 15.1 Å². The summed E-state index contributed by atoms with van der Waals surface area (Å²) in [5, 5.41) is 19.0.